The lowest BCUT2D eigenvalue weighted by atomic mass is 10.3. The third-order valence-corrected chi connectivity index (χ3v) is 5.47. The second kappa shape index (κ2) is 6.52. The molecule has 0 spiro atoms. The number of halogens is 1. The summed E-state index contributed by atoms with van der Waals surface area (Å²) in [4.78, 5) is 0.305. The van der Waals surface area contributed by atoms with Crippen molar-refractivity contribution in [3.05, 3.63) is 24.3 Å². The molecule has 2 aliphatic rings. The van der Waals surface area contributed by atoms with Crippen molar-refractivity contribution in [1.82, 2.24) is 10.0 Å². The van der Waals surface area contributed by atoms with E-state index in [2.05, 4.69) is 10.0 Å². The third-order valence-electron chi connectivity index (χ3n) is 3.99. The summed E-state index contributed by atoms with van der Waals surface area (Å²) in [5.41, 5.74) is 0. The maximum Gasteiger partial charge on any atom is 0.240 e. The zero-order valence-electron chi connectivity index (χ0n) is 11.9. The molecule has 0 radical (unpaired) electrons. The second-order valence-electron chi connectivity index (χ2n) is 5.45. The lowest BCUT2D eigenvalue weighted by Gasteiger charge is -2.10. The lowest BCUT2D eigenvalue weighted by Crippen LogP contribution is -2.32. The number of ether oxygens (including phenoxy) is 1. The molecule has 1 saturated heterocycles. The molecular formula is C14H21ClN2O3S. The summed E-state index contributed by atoms with van der Waals surface area (Å²) in [7, 11) is -3.41. The number of fused-ring (bicyclic) bond motifs is 1. The largest absolute Gasteiger partial charge is 0.494 e. The Hall–Kier alpha value is -0.820. The first-order valence-electron chi connectivity index (χ1n) is 7.08. The summed E-state index contributed by atoms with van der Waals surface area (Å²) in [6.45, 7) is 4.51. The Balaban J connectivity index is 0.00000161. The molecule has 21 heavy (non-hydrogen) atoms. The summed E-state index contributed by atoms with van der Waals surface area (Å²) in [6, 6.07) is 6.73. The highest BCUT2D eigenvalue weighted by Gasteiger charge is 2.54. The molecule has 118 valence electrons. The van der Waals surface area contributed by atoms with Gasteiger partial charge in [-0.3, -0.25) is 0 Å². The van der Waals surface area contributed by atoms with Gasteiger partial charge in [0.05, 0.1) is 11.5 Å². The van der Waals surface area contributed by atoms with E-state index in [-0.39, 0.29) is 18.4 Å². The topological polar surface area (TPSA) is 67.4 Å². The highest BCUT2D eigenvalue weighted by Crippen LogP contribution is 2.42. The SMILES string of the molecule is CCCOc1ccc(S(=O)(=O)NC2C3CNCC32)cc1.Cl. The van der Waals surface area contributed by atoms with Gasteiger partial charge in [-0.2, -0.15) is 0 Å². The van der Waals surface area contributed by atoms with E-state index >= 15 is 0 Å². The van der Waals surface area contributed by atoms with Crippen LogP contribution in [-0.2, 0) is 10.0 Å². The third kappa shape index (κ3) is 3.51. The molecule has 0 bridgehead atoms. The standard InChI is InChI=1S/C14H20N2O3S.ClH/c1-2-7-19-10-3-5-11(6-4-10)20(17,18)16-14-12-8-15-9-13(12)14;/h3-6,12-16H,2,7-9H2,1H3;1H. The van der Waals surface area contributed by atoms with Gasteiger partial charge in [0.15, 0.2) is 0 Å². The van der Waals surface area contributed by atoms with Gasteiger partial charge in [-0.05, 0) is 55.6 Å². The number of hydrogen-bond acceptors (Lipinski definition) is 4. The molecule has 1 aliphatic carbocycles. The van der Waals surface area contributed by atoms with Crippen LogP contribution in [0.2, 0.25) is 0 Å². The second-order valence-corrected chi connectivity index (χ2v) is 7.17. The average Bonchev–Trinajstić information content (AvgIpc) is 2.89. The van der Waals surface area contributed by atoms with E-state index in [9.17, 15) is 8.42 Å². The predicted molar refractivity (Wildman–Crippen MR) is 83.4 cm³/mol. The number of sulfonamides is 1. The maximum atomic E-state index is 12.3. The fourth-order valence-electron chi connectivity index (χ4n) is 2.78. The van der Waals surface area contributed by atoms with Gasteiger partial charge in [0, 0.05) is 6.04 Å². The number of piperidine rings is 1. The minimum atomic E-state index is -3.41. The van der Waals surface area contributed by atoms with Gasteiger partial charge < -0.3 is 10.1 Å². The molecule has 2 unspecified atom stereocenters. The smallest absolute Gasteiger partial charge is 0.240 e. The Morgan fingerprint density at radius 1 is 1.24 bits per heavy atom. The van der Waals surface area contributed by atoms with Gasteiger partial charge in [-0.15, -0.1) is 12.4 Å². The Morgan fingerprint density at radius 3 is 2.43 bits per heavy atom. The van der Waals surface area contributed by atoms with Crippen molar-refractivity contribution < 1.29 is 13.2 Å². The van der Waals surface area contributed by atoms with Crippen molar-refractivity contribution in [2.24, 2.45) is 11.8 Å². The van der Waals surface area contributed by atoms with E-state index in [0.29, 0.717) is 29.1 Å². The zero-order valence-corrected chi connectivity index (χ0v) is 13.5. The van der Waals surface area contributed by atoms with Gasteiger partial charge in [0.1, 0.15) is 5.75 Å². The van der Waals surface area contributed by atoms with Crippen LogP contribution in [0.15, 0.2) is 29.2 Å². The molecule has 1 aromatic carbocycles. The number of rotatable bonds is 6. The van der Waals surface area contributed by atoms with Crippen LogP contribution >= 0.6 is 12.4 Å². The van der Waals surface area contributed by atoms with Crippen LogP contribution in [0.4, 0.5) is 0 Å². The number of hydrogen-bond donors (Lipinski definition) is 2. The van der Waals surface area contributed by atoms with Crippen molar-refractivity contribution in [3.63, 3.8) is 0 Å². The monoisotopic (exact) mass is 332 g/mol. The van der Waals surface area contributed by atoms with E-state index in [4.69, 9.17) is 4.74 Å². The van der Waals surface area contributed by atoms with Crippen LogP contribution in [0.5, 0.6) is 5.75 Å². The molecule has 0 amide bonds. The van der Waals surface area contributed by atoms with Gasteiger partial charge in [0.2, 0.25) is 10.0 Å². The van der Waals surface area contributed by atoms with Crippen LogP contribution in [0.1, 0.15) is 13.3 Å². The minimum Gasteiger partial charge on any atom is -0.494 e. The molecule has 2 atom stereocenters. The molecule has 1 heterocycles. The van der Waals surface area contributed by atoms with Crippen molar-refractivity contribution in [2.45, 2.75) is 24.3 Å². The molecule has 1 saturated carbocycles. The van der Waals surface area contributed by atoms with Crippen LogP contribution in [0, 0.1) is 11.8 Å². The average molecular weight is 333 g/mol. The van der Waals surface area contributed by atoms with Crippen molar-refractivity contribution in [3.8, 4) is 5.75 Å². The van der Waals surface area contributed by atoms with Crippen molar-refractivity contribution in [1.29, 1.82) is 0 Å². The fourth-order valence-corrected chi connectivity index (χ4v) is 4.11. The Morgan fingerprint density at radius 2 is 1.86 bits per heavy atom. The van der Waals surface area contributed by atoms with Crippen LogP contribution in [0.25, 0.3) is 0 Å². The molecular weight excluding hydrogens is 312 g/mol. The van der Waals surface area contributed by atoms with E-state index < -0.39 is 10.0 Å². The Labute approximate surface area is 131 Å². The molecule has 3 rings (SSSR count). The molecule has 1 aromatic rings. The molecule has 7 heteroatoms. The summed E-state index contributed by atoms with van der Waals surface area (Å²) >= 11 is 0. The van der Waals surface area contributed by atoms with E-state index in [1.165, 1.54) is 0 Å². The molecule has 5 nitrogen and oxygen atoms in total. The summed E-state index contributed by atoms with van der Waals surface area (Å²) in [5, 5.41) is 3.25. The number of benzene rings is 1. The normalized spacial score (nSPS) is 26.8. The molecule has 2 fully saturated rings. The van der Waals surface area contributed by atoms with Crippen LogP contribution in [0.3, 0.4) is 0 Å². The van der Waals surface area contributed by atoms with E-state index in [0.717, 1.165) is 19.5 Å². The molecule has 1 aliphatic heterocycles. The van der Waals surface area contributed by atoms with Gasteiger partial charge in [-0.1, -0.05) is 6.92 Å². The zero-order chi connectivity index (χ0) is 14.2. The summed E-state index contributed by atoms with van der Waals surface area (Å²) < 4.78 is 32.8. The summed E-state index contributed by atoms with van der Waals surface area (Å²) in [5.74, 6) is 1.65. The van der Waals surface area contributed by atoms with Crippen molar-refractivity contribution in [2.75, 3.05) is 19.7 Å². The first-order valence-corrected chi connectivity index (χ1v) is 8.56. The van der Waals surface area contributed by atoms with Crippen LogP contribution in [-0.4, -0.2) is 34.2 Å². The highest BCUT2D eigenvalue weighted by molar-refractivity contribution is 7.89. The minimum absolute atomic E-state index is 0. The van der Waals surface area contributed by atoms with E-state index in [1.54, 1.807) is 24.3 Å². The van der Waals surface area contributed by atoms with Crippen LogP contribution < -0.4 is 14.8 Å². The van der Waals surface area contributed by atoms with Gasteiger partial charge in [0.25, 0.3) is 0 Å². The number of nitrogens with one attached hydrogen (secondary N) is 2. The van der Waals surface area contributed by atoms with Crippen molar-refractivity contribution >= 4 is 22.4 Å². The predicted octanol–water partition coefficient (Wildman–Crippen LogP) is 1.39. The first kappa shape index (κ1) is 16.5. The maximum absolute atomic E-state index is 12.3. The summed E-state index contributed by atoms with van der Waals surface area (Å²) in [6.07, 6.45) is 0.931. The van der Waals surface area contributed by atoms with E-state index in [1.807, 2.05) is 6.92 Å². The van der Waals surface area contributed by atoms with Gasteiger partial charge >= 0.3 is 0 Å². The fraction of sp³-hybridized carbons (Fsp3) is 0.571. The molecule has 2 N–H and O–H groups in total. The molecule has 0 aromatic heterocycles. The lowest BCUT2D eigenvalue weighted by molar-refractivity contribution is 0.317. The Kier molecular flexibility index (Phi) is 5.14. The highest BCUT2D eigenvalue weighted by atomic mass is 35.5. The quantitative estimate of drug-likeness (QED) is 0.826. The Bertz CT molecular complexity index is 566. The van der Waals surface area contributed by atoms with Gasteiger partial charge in [-0.25, -0.2) is 13.1 Å². The first-order chi connectivity index (χ1) is 9.62.